The molecule has 4 aromatic heterocycles. The molecule has 0 saturated carbocycles. The predicted molar refractivity (Wildman–Crippen MR) is 134 cm³/mol. The largest absolute Gasteiger partial charge is 0.467 e. The number of rotatable bonds is 4. The van der Waals surface area contributed by atoms with E-state index in [0.29, 0.717) is 18.9 Å². The van der Waals surface area contributed by atoms with E-state index in [1.54, 1.807) is 16.3 Å². The summed E-state index contributed by atoms with van der Waals surface area (Å²) in [6, 6.07) is 7.94. The van der Waals surface area contributed by atoms with Gasteiger partial charge in [-0.05, 0) is 56.9 Å². The summed E-state index contributed by atoms with van der Waals surface area (Å²) < 4.78 is 21.2. The van der Waals surface area contributed by atoms with E-state index in [0.717, 1.165) is 53.7 Å². The summed E-state index contributed by atoms with van der Waals surface area (Å²) in [5.41, 5.74) is 3.43. The van der Waals surface area contributed by atoms with Crippen molar-refractivity contribution in [3.63, 3.8) is 0 Å². The molecule has 2 atom stereocenters. The monoisotopic (exact) mass is 502 g/mol. The molecule has 1 fully saturated rings. The molecule has 0 unspecified atom stereocenters. The Labute approximate surface area is 212 Å². The van der Waals surface area contributed by atoms with Crippen LogP contribution in [0.25, 0.3) is 17.0 Å². The zero-order valence-electron chi connectivity index (χ0n) is 20.9. The van der Waals surface area contributed by atoms with Gasteiger partial charge in [-0.3, -0.25) is 4.79 Å². The number of halogens is 1. The van der Waals surface area contributed by atoms with Gasteiger partial charge in [-0.2, -0.15) is 4.98 Å². The summed E-state index contributed by atoms with van der Waals surface area (Å²) >= 11 is 0. The standard InChI is InChI=1S/C26H27FN8O2/c1-15(21-19(27)13-28-25(31-21)37-3)24(36)34-11-9-26(14-34)8-7-17-12-18(16(2)29-22(17)32-26)23-30-20-6-4-5-10-35(20)33-23/h4-6,10,12-13,15H,7-9,11,14H2,1-3H3,(H,29,32)/t15-,26+/m1/s1. The predicted octanol–water partition coefficient (Wildman–Crippen LogP) is 3.17. The van der Waals surface area contributed by atoms with Crippen LogP contribution < -0.4 is 10.1 Å². The number of carbonyl (C=O) groups excluding carboxylic acids is 1. The molecule has 4 aromatic rings. The smallest absolute Gasteiger partial charge is 0.316 e. The van der Waals surface area contributed by atoms with Crippen LogP contribution in [-0.4, -0.2) is 66.1 Å². The number of aromatic nitrogens is 6. The van der Waals surface area contributed by atoms with Gasteiger partial charge in [0.25, 0.3) is 0 Å². The van der Waals surface area contributed by atoms with Gasteiger partial charge in [-0.15, -0.1) is 5.10 Å². The van der Waals surface area contributed by atoms with Crippen molar-refractivity contribution in [3.05, 3.63) is 59.4 Å². The molecule has 0 radical (unpaired) electrons. The van der Waals surface area contributed by atoms with Crippen molar-refractivity contribution in [2.45, 2.75) is 44.6 Å². The molecular weight excluding hydrogens is 475 g/mol. The van der Waals surface area contributed by atoms with Crippen molar-refractivity contribution in [1.29, 1.82) is 0 Å². The lowest BCUT2D eigenvalue weighted by Crippen LogP contribution is -2.46. The van der Waals surface area contributed by atoms with E-state index in [9.17, 15) is 9.18 Å². The third-order valence-corrected chi connectivity index (χ3v) is 7.41. The van der Waals surface area contributed by atoms with E-state index in [-0.39, 0.29) is 23.2 Å². The Hall–Kier alpha value is -4.15. The maximum Gasteiger partial charge on any atom is 0.316 e. The van der Waals surface area contributed by atoms with Crippen LogP contribution in [0.4, 0.5) is 10.2 Å². The first-order valence-corrected chi connectivity index (χ1v) is 12.3. The SMILES string of the molecule is COc1ncc(F)c([C@@H](C)C(=O)N2CC[C@@]3(CCc4cc(-c5nc6ccccn6n5)c(C)nc4N3)C2)n1. The molecule has 0 bridgehead atoms. The molecule has 0 aliphatic carbocycles. The first-order valence-electron chi connectivity index (χ1n) is 12.3. The first kappa shape index (κ1) is 23.3. The Bertz CT molecular complexity index is 1490. The molecule has 1 spiro atoms. The number of amides is 1. The number of hydrogen-bond acceptors (Lipinski definition) is 8. The van der Waals surface area contributed by atoms with Crippen LogP contribution >= 0.6 is 0 Å². The van der Waals surface area contributed by atoms with E-state index >= 15 is 0 Å². The lowest BCUT2D eigenvalue weighted by molar-refractivity contribution is -0.131. The van der Waals surface area contributed by atoms with Crippen LogP contribution in [-0.2, 0) is 11.2 Å². The highest BCUT2D eigenvalue weighted by Gasteiger charge is 2.43. The second-order valence-electron chi connectivity index (χ2n) is 9.79. The van der Waals surface area contributed by atoms with E-state index in [2.05, 4.69) is 31.4 Å². The molecule has 10 nitrogen and oxygen atoms in total. The highest BCUT2D eigenvalue weighted by Crippen LogP contribution is 2.38. The van der Waals surface area contributed by atoms with E-state index in [1.807, 2.05) is 31.3 Å². The van der Waals surface area contributed by atoms with E-state index in [4.69, 9.17) is 9.72 Å². The van der Waals surface area contributed by atoms with Gasteiger partial charge in [0.1, 0.15) is 5.82 Å². The Kier molecular flexibility index (Phi) is 5.50. The maximum absolute atomic E-state index is 14.4. The Morgan fingerprint density at radius 2 is 2.11 bits per heavy atom. The Morgan fingerprint density at radius 1 is 1.24 bits per heavy atom. The van der Waals surface area contributed by atoms with Crippen molar-refractivity contribution in [2.75, 3.05) is 25.5 Å². The van der Waals surface area contributed by atoms with Gasteiger partial charge in [-0.25, -0.2) is 23.9 Å². The van der Waals surface area contributed by atoms with Crippen LogP contribution in [0.5, 0.6) is 6.01 Å². The molecule has 1 saturated heterocycles. The number of methoxy groups -OCH3 is 1. The number of carbonyl (C=O) groups is 1. The van der Waals surface area contributed by atoms with Gasteiger partial charge in [0.15, 0.2) is 17.3 Å². The molecule has 2 aliphatic heterocycles. The lowest BCUT2D eigenvalue weighted by atomic mass is 9.86. The normalized spacial score (nSPS) is 19.6. The first-order chi connectivity index (χ1) is 17.9. The minimum Gasteiger partial charge on any atom is -0.467 e. The highest BCUT2D eigenvalue weighted by atomic mass is 19.1. The maximum atomic E-state index is 14.4. The average Bonchev–Trinajstić information content (AvgIpc) is 3.52. The Balaban J connectivity index is 1.21. The number of likely N-dealkylation sites (tertiary alicyclic amines) is 1. The Morgan fingerprint density at radius 3 is 2.92 bits per heavy atom. The molecule has 1 amide bonds. The molecule has 37 heavy (non-hydrogen) atoms. The van der Waals surface area contributed by atoms with Gasteiger partial charge in [-0.1, -0.05) is 6.07 Å². The second-order valence-corrected chi connectivity index (χ2v) is 9.79. The van der Waals surface area contributed by atoms with Crippen LogP contribution in [0.15, 0.2) is 36.7 Å². The lowest BCUT2D eigenvalue weighted by Gasteiger charge is -2.36. The van der Waals surface area contributed by atoms with Crippen molar-refractivity contribution >= 4 is 17.4 Å². The summed E-state index contributed by atoms with van der Waals surface area (Å²) in [6.45, 7) is 4.73. The fraction of sp³-hybridized carbons (Fsp3) is 0.385. The summed E-state index contributed by atoms with van der Waals surface area (Å²) in [5.74, 6) is -0.0362. The second kappa shape index (κ2) is 8.75. The topological polar surface area (TPSA) is 110 Å². The fourth-order valence-electron chi connectivity index (χ4n) is 5.33. The molecule has 2 aliphatic rings. The minimum atomic E-state index is -0.746. The zero-order valence-corrected chi connectivity index (χ0v) is 20.9. The molecule has 11 heteroatoms. The van der Waals surface area contributed by atoms with Crippen molar-refractivity contribution < 1.29 is 13.9 Å². The number of ether oxygens (including phenoxy) is 1. The minimum absolute atomic E-state index is 0.0409. The van der Waals surface area contributed by atoms with Crippen LogP contribution in [0.2, 0.25) is 0 Å². The molecule has 6 heterocycles. The highest BCUT2D eigenvalue weighted by molar-refractivity contribution is 5.83. The number of fused-ring (bicyclic) bond motifs is 2. The van der Waals surface area contributed by atoms with Crippen LogP contribution in [0, 0.1) is 12.7 Å². The summed E-state index contributed by atoms with van der Waals surface area (Å²) in [6.07, 6.45) is 5.39. The number of nitrogens with zero attached hydrogens (tertiary/aromatic N) is 7. The summed E-state index contributed by atoms with van der Waals surface area (Å²) in [7, 11) is 1.41. The fourth-order valence-corrected chi connectivity index (χ4v) is 5.33. The van der Waals surface area contributed by atoms with Gasteiger partial charge in [0, 0.05) is 24.8 Å². The average molecular weight is 503 g/mol. The number of pyridine rings is 2. The third kappa shape index (κ3) is 4.04. The quantitative estimate of drug-likeness (QED) is 0.453. The van der Waals surface area contributed by atoms with E-state index in [1.165, 1.54) is 7.11 Å². The van der Waals surface area contributed by atoms with Crippen molar-refractivity contribution in [3.8, 4) is 17.4 Å². The summed E-state index contributed by atoms with van der Waals surface area (Å²) in [4.78, 5) is 32.5. The molecule has 1 N–H and O–H groups in total. The third-order valence-electron chi connectivity index (χ3n) is 7.41. The van der Waals surface area contributed by atoms with Crippen LogP contribution in [0.1, 0.15) is 42.6 Å². The summed E-state index contributed by atoms with van der Waals surface area (Å²) in [5, 5.41) is 8.25. The number of anilines is 1. The number of hydrogen-bond donors (Lipinski definition) is 1. The number of aryl methyl sites for hydroxylation is 2. The molecule has 190 valence electrons. The van der Waals surface area contributed by atoms with Crippen molar-refractivity contribution in [2.24, 2.45) is 0 Å². The van der Waals surface area contributed by atoms with E-state index < -0.39 is 11.7 Å². The van der Waals surface area contributed by atoms with Crippen molar-refractivity contribution in [1.82, 2.24) is 34.4 Å². The van der Waals surface area contributed by atoms with Gasteiger partial charge >= 0.3 is 6.01 Å². The van der Waals surface area contributed by atoms with Gasteiger partial charge in [0.05, 0.1) is 36.2 Å². The van der Waals surface area contributed by atoms with Gasteiger partial charge in [0.2, 0.25) is 5.91 Å². The number of nitrogens with one attached hydrogen (secondary N) is 1. The molecular formula is C26H27FN8O2. The van der Waals surface area contributed by atoms with Crippen LogP contribution in [0.3, 0.4) is 0 Å². The molecule has 6 rings (SSSR count). The zero-order chi connectivity index (χ0) is 25.7. The molecule has 0 aromatic carbocycles. The van der Waals surface area contributed by atoms with Gasteiger partial charge < -0.3 is 15.0 Å².